The van der Waals surface area contributed by atoms with E-state index in [2.05, 4.69) is 38.4 Å². The monoisotopic (exact) mass is 415 g/mol. The summed E-state index contributed by atoms with van der Waals surface area (Å²) in [4.78, 5) is 16.7. The molecular formula is C19H18BrN3OS. The number of nitrogens with zero attached hydrogens (tertiary/aromatic N) is 2. The number of hydrogen-bond donors (Lipinski definition) is 1. The van der Waals surface area contributed by atoms with Crippen LogP contribution in [0.3, 0.4) is 0 Å². The van der Waals surface area contributed by atoms with Gasteiger partial charge in [0.05, 0.1) is 17.6 Å². The number of aromatic nitrogens is 2. The second-order valence-corrected chi connectivity index (χ2v) is 7.51. The molecule has 0 saturated heterocycles. The average Bonchev–Trinajstić information content (AvgIpc) is 2.97. The molecule has 2 aromatic carbocycles. The first-order chi connectivity index (χ1) is 12.0. The quantitative estimate of drug-likeness (QED) is 0.603. The summed E-state index contributed by atoms with van der Waals surface area (Å²) in [6, 6.07) is 15.9. The Balaban J connectivity index is 1.64. The maximum atomic E-state index is 12.2. The SMILES string of the molecule is Cc1cc(Br)ccc1NC(=O)CSc1ncc(-c2ccccc2)n1C. The van der Waals surface area contributed by atoms with Gasteiger partial charge in [0.2, 0.25) is 5.91 Å². The molecule has 1 N–H and O–H groups in total. The van der Waals surface area contributed by atoms with Crippen LogP contribution in [0, 0.1) is 6.92 Å². The fourth-order valence-corrected chi connectivity index (χ4v) is 3.71. The number of benzene rings is 2. The maximum absolute atomic E-state index is 12.2. The standard InChI is InChI=1S/C19H18BrN3OS/c1-13-10-15(20)8-9-16(13)22-18(24)12-25-19-21-11-17(23(19)2)14-6-4-3-5-7-14/h3-11H,12H2,1-2H3,(H,22,24). The Morgan fingerprint density at radius 2 is 2.00 bits per heavy atom. The number of nitrogens with one attached hydrogen (secondary N) is 1. The summed E-state index contributed by atoms with van der Waals surface area (Å²) < 4.78 is 3.01. The lowest BCUT2D eigenvalue weighted by molar-refractivity contribution is -0.113. The lowest BCUT2D eigenvalue weighted by atomic mass is 10.2. The summed E-state index contributed by atoms with van der Waals surface area (Å²) in [5.41, 5.74) is 4.00. The summed E-state index contributed by atoms with van der Waals surface area (Å²) in [6.45, 7) is 1.97. The van der Waals surface area contributed by atoms with Gasteiger partial charge in [0.1, 0.15) is 0 Å². The van der Waals surface area contributed by atoms with Crippen LogP contribution < -0.4 is 5.32 Å². The van der Waals surface area contributed by atoms with Gasteiger partial charge in [-0.2, -0.15) is 0 Å². The average molecular weight is 416 g/mol. The molecule has 1 amide bonds. The van der Waals surface area contributed by atoms with E-state index in [-0.39, 0.29) is 5.91 Å². The molecule has 25 heavy (non-hydrogen) atoms. The molecule has 0 radical (unpaired) electrons. The highest BCUT2D eigenvalue weighted by atomic mass is 79.9. The summed E-state index contributed by atoms with van der Waals surface area (Å²) in [5.74, 6) is 0.272. The largest absolute Gasteiger partial charge is 0.325 e. The molecule has 0 aliphatic rings. The smallest absolute Gasteiger partial charge is 0.234 e. The van der Waals surface area contributed by atoms with Crippen molar-refractivity contribution in [3.8, 4) is 11.3 Å². The molecule has 3 aromatic rings. The van der Waals surface area contributed by atoms with E-state index in [1.54, 1.807) is 0 Å². The van der Waals surface area contributed by atoms with Crippen LogP contribution >= 0.6 is 27.7 Å². The van der Waals surface area contributed by atoms with Gasteiger partial charge in [-0.3, -0.25) is 4.79 Å². The van der Waals surface area contributed by atoms with Crippen LogP contribution in [-0.4, -0.2) is 21.2 Å². The van der Waals surface area contributed by atoms with E-state index in [4.69, 9.17) is 0 Å². The Morgan fingerprint density at radius 3 is 2.72 bits per heavy atom. The van der Waals surface area contributed by atoms with Crippen LogP contribution in [-0.2, 0) is 11.8 Å². The van der Waals surface area contributed by atoms with E-state index in [1.165, 1.54) is 11.8 Å². The number of carbonyl (C=O) groups excluding carboxylic acids is 1. The fraction of sp³-hybridized carbons (Fsp3) is 0.158. The lowest BCUT2D eigenvalue weighted by Crippen LogP contribution is -2.15. The van der Waals surface area contributed by atoms with Crippen LogP contribution in [0.25, 0.3) is 11.3 Å². The molecule has 6 heteroatoms. The third-order valence-corrected chi connectivity index (χ3v) is 5.35. The molecule has 0 bridgehead atoms. The Labute approximate surface area is 159 Å². The zero-order chi connectivity index (χ0) is 17.8. The van der Waals surface area contributed by atoms with E-state index in [0.29, 0.717) is 5.75 Å². The molecule has 0 atom stereocenters. The highest BCUT2D eigenvalue weighted by Crippen LogP contribution is 2.25. The van der Waals surface area contributed by atoms with E-state index >= 15 is 0 Å². The minimum Gasteiger partial charge on any atom is -0.325 e. The highest BCUT2D eigenvalue weighted by Gasteiger charge is 2.11. The van der Waals surface area contributed by atoms with Crippen LogP contribution in [0.5, 0.6) is 0 Å². The van der Waals surface area contributed by atoms with Crippen molar-refractivity contribution in [2.45, 2.75) is 12.1 Å². The number of aryl methyl sites for hydroxylation is 1. The fourth-order valence-electron chi connectivity index (χ4n) is 2.49. The van der Waals surface area contributed by atoms with E-state index in [9.17, 15) is 4.79 Å². The van der Waals surface area contributed by atoms with Crippen molar-refractivity contribution in [3.05, 3.63) is 64.8 Å². The van der Waals surface area contributed by atoms with Crippen molar-refractivity contribution in [1.29, 1.82) is 0 Å². The van der Waals surface area contributed by atoms with Crippen molar-refractivity contribution in [2.24, 2.45) is 7.05 Å². The molecule has 0 unspecified atom stereocenters. The van der Waals surface area contributed by atoms with Gasteiger partial charge in [-0.05, 0) is 36.2 Å². The molecule has 0 aliphatic heterocycles. The summed E-state index contributed by atoms with van der Waals surface area (Å²) in [5, 5.41) is 3.77. The topological polar surface area (TPSA) is 46.9 Å². The summed E-state index contributed by atoms with van der Waals surface area (Å²) >= 11 is 4.85. The summed E-state index contributed by atoms with van der Waals surface area (Å²) in [7, 11) is 1.97. The number of amides is 1. The molecule has 1 aromatic heterocycles. The second-order valence-electron chi connectivity index (χ2n) is 5.65. The number of carbonyl (C=O) groups is 1. The molecule has 1 heterocycles. The van der Waals surface area contributed by atoms with Crippen LogP contribution in [0.2, 0.25) is 0 Å². The molecule has 0 spiro atoms. The van der Waals surface area contributed by atoms with Crippen molar-refractivity contribution < 1.29 is 4.79 Å². The van der Waals surface area contributed by atoms with Crippen LogP contribution in [0.15, 0.2) is 64.4 Å². The van der Waals surface area contributed by atoms with Gasteiger partial charge in [0.15, 0.2) is 5.16 Å². The number of rotatable bonds is 5. The molecule has 0 fully saturated rings. The third-order valence-electron chi connectivity index (χ3n) is 3.81. The third kappa shape index (κ3) is 4.32. The number of halogens is 1. The first-order valence-corrected chi connectivity index (χ1v) is 9.58. The van der Waals surface area contributed by atoms with Gasteiger partial charge in [0.25, 0.3) is 0 Å². The Kier molecular flexibility index (Phi) is 5.60. The van der Waals surface area contributed by atoms with Gasteiger partial charge in [-0.1, -0.05) is 58.0 Å². The molecule has 3 rings (SSSR count). The van der Waals surface area contributed by atoms with Crippen molar-refractivity contribution >= 4 is 39.3 Å². The van der Waals surface area contributed by atoms with Gasteiger partial charge in [-0.25, -0.2) is 4.98 Å². The number of hydrogen-bond acceptors (Lipinski definition) is 3. The van der Waals surface area contributed by atoms with Gasteiger partial charge >= 0.3 is 0 Å². The number of thioether (sulfide) groups is 1. The molecular weight excluding hydrogens is 398 g/mol. The van der Waals surface area contributed by atoms with Crippen LogP contribution in [0.1, 0.15) is 5.56 Å². The highest BCUT2D eigenvalue weighted by molar-refractivity contribution is 9.10. The first-order valence-electron chi connectivity index (χ1n) is 7.80. The lowest BCUT2D eigenvalue weighted by Gasteiger charge is -2.09. The van der Waals surface area contributed by atoms with E-state index in [1.807, 2.05) is 61.1 Å². The van der Waals surface area contributed by atoms with Crippen molar-refractivity contribution in [1.82, 2.24) is 9.55 Å². The number of anilines is 1. The predicted molar refractivity (Wildman–Crippen MR) is 107 cm³/mol. The van der Waals surface area contributed by atoms with Crippen LogP contribution in [0.4, 0.5) is 5.69 Å². The summed E-state index contributed by atoms with van der Waals surface area (Å²) in [6.07, 6.45) is 1.84. The molecule has 0 aliphatic carbocycles. The van der Waals surface area contributed by atoms with Gasteiger partial charge in [-0.15, -0.1) is 0 Å². The van der Waals surface area contributed by atoms with Gasteiger partial charge in [0, 0.05) is 17.2 Å². The Morgan fingerprint density at radius 1 is 1.24 bits per heavy atom. The van der Waals surface area contributed by atoms with E-state index < -0.39 is 0 Å². The molecule has 0 saturated carbocycles. The normalized spacial score (nSPS) is 10.7. The Bertz CT molecular complexity index is 893. The van der Waals surface area contributed by atoms with Crippen molar-refractivity contribution in [3.63, 3.8) is 0 Å². The number of imidazole rings is 1. The van der Waals surface area contributed by atoms with E-state index in [0.717, 1.165) is 32.1 Å². The molecule has 128 valence electrons. The Hall–Kier alpha value is -2.05. The predicted octanol–water partition coefficient (Wildman–Crippen LogP) is 4.89. The van der Waals surface area contributed by atoms with Crippen molar-refractivity contribution in [2.75, 3.05) is 11.1 Å². The minimum atomic E-state index is -0.0420. The minimum absolute atomic E-state index is 0.0420. The second kappa shape index (κ2) is 7.89. The maximum Gasteiger partial charge on any atom is 0.234 e. The zero-order valence-corrected chi connectivity index (χ0v) is 16.4. The zero-order valence-electron chi connectivity index (χ0n) is 14.0. The van der Waals surface area contributed by atoms with Gasteiger partial charge < -0.3 is 9.88 Å². The first kappa shape index (κ1) is 17.8. The molecule has 4 nitrogen and oxygen atoms in total.